The van der Waals surface area contributed by atoms with Gasteiger partial charge in [0, 0.05) is 40.0 Å². The molecule has 0 unspecified atom stereocenters. The largest absolute Gasteiger partial charge is 0.449 e. The van der Waals surface area contributed by atoms with E-state index >= 15 is 0 Å². The molecule has 4 rings (SSSR count). The number of rotatable bonds is 3. The number of benzene rings is 1. The SMILES string of the molecule is Cc1nc(-c2nccn2Cc2ccc3c(c2)n(C)c(=O)n3C)co1. The summed E-state index contributed by atoms with van der Waals surface area (Å²) >= 11 is 0. The molecule has 122 valence electrons. The minimum Gasteiger partial charge on any atom is -0.449 e. The zero-order chi connectivity index (χ0) is 16.8. The second-order valence-corrected chi connectivity index (χ2v) is 5.85. The van der Waals surface area contributed by atoms with E-state index in [9.17, 15) is 4.79 Å². The van der Waals surface area contributed by atoms with Crippen molar-refractivity contribution in [3.05, 3.63) is 58.8 Å². The third kappa shape index (κ3) is 2.17. The maximum absolute atomic E-state index is 12.0. The average molecular weight is 323 g/mol. The summed E-state index contributed by atoms with van der Waals surface area (Å²) in [5.41, 5.74) is 3.61. The molecule has 0 atom stereocenters. The molecule has 0 spiro atoms. The smallest absolute Gasteiger partial charge is 0.328 e. The number of fused-ring (bicyclic) bond motifs is 1. The van der Waals surface area contributed by atoms with Gasteiger partial charge in [-0.1, -0.05) is 6.07 Å². The Morgan fingerprint density at radius 1 is 1.17 bits per heavy atom. The van der Waals surface area contributed by atoms with E-state index in [-0.39, 0.29) is 5.69 Å². The molecule has 7 heteroatoms. The lowest BCUT2D eigenvalue weighted by molar-refractivity contribution is 0.521. The molecule has 24 heavy (non-hydrogen) atoms. The number of hydrogen-bond donors (Lipinski definition) is 0. The zero-order valence-electron chi connectivity index (χ0n) is 13.7. The van der Waals surface area contributed by atoms with Crippen LogP contribution in [0.25, 0.3) is 22.6 Å². The highest BCUT2D eigenvalue weighted by atomic mass is 16.3. The van der Waals surface area contributed by atoms with Crippen LogP contribution in [-0.4, -0.2) is 23.7 Å². The van der Waals surface area contributed by atoms with E-state index < -0.39 is 0 Å². The Morgan fingerprint density at radius 3 is 2.71 bits per heavy atom. The van der Waals surface area contributed by atoms with E-state index in [2.05, 4.69) is 9.97 Å². The lowest BCUT2D eigenvalue weighted by Gasteiger charge is -2.07. The van der Waals surface area contributed by atoms with Gasteiger partial charge in [-0.15, -0.1) is 0 Å². The molecule has 0 aliphatic rings. The summed E-state index contributed by atoms with van der Waals surface area (Å²) < 4.78 is 10.6. The van der Waals surface area contributed by atoms with Crippen LogP contribution in [-0.2, 0) is 20.6 Å². The third-order valence-corrected chi connectivity index (χ3v) is 4.25. The molecule has 0 saturated carbocycles. The first-order chi connectivity index (χ1) is 11.5. The summed E-state index contributed by atoms with van der Waals surface area (Å²) in [5, 5.41) is 0. The predicted octanol–water partition coefficient (Wildman–Crippen LogP) is 2.09. The monoisotopic (exact) mass is 323 g/mol. The molecular formula is C17H17N5O2. The lowest BCUT2D eigenvalue weighted by Crippen LogP contribution is -2.19. The Balaban J connectivity index is 1.74. The number of oxazole rings is 1. The normalized spacial score (nSPS) is 11.5. The summed E-state index contributed by atoms with van der Waals surface area (Å²) in [6.07, 6.45) is 5.27. The van der Waals surface area contributed by atoms with Crippen LogP contribution in [0.2, 0.25) is 0 Å². The molecule has 0 radical (unpaired) electrons. The molecule has 0 fully saturated rings. The summed E-state index contributed by atoms with van der Waals surface area (Å²) in [4.78, 5) is 20.8. The molecule has 0 aliphatic heterocycles. The predicted molar refractivity (Wildman–Crippen MR) is 89.7 cm³/mol. The van der Waals surface area contributed by atoms with Crippen molar-refractivity contribution < 1.29 is 4.42 Å². The first kappa shape index (κ1) is 14.5. The first-order valence-electron chi connectivity index (χ1n) is 7.62. The van der Waals surface area contributed by atoms with Crippen LogP contribution in [0.1, 0.15) is 11.5 Å². The van der Waals surface area contributed by atoms with Crippen molar-refractivity contribution in [2.24, 2.45) is 14.1 Å². The summed E-state index contributed by atoms with van der Waals surface area (Å²) in [7, 11) is 3.57. The molecule has 0 saturated heterocycles. The fourth-order valence-electron chi connectivity index (χ4n) is 2.98. The molecule has 3 heterocycles. The van der Waals surface area contributed by atoms with Gasteiger partial charge in [0.05, 0.1) is 11.0 Å². The van der Waals surface area contributed by atoms with Crippen molar-refractivity contribution in [2.75, 3.05) is 0 Å². The summed E-state index contributed by atoms with van der Waals surface area (Å²) in [5.74, 6) is 1.37. The molecule has 0 N–H and O–H groups in total. The molecule has 0 aliphatic carbocycles. The number of aromatic nitrogens is 5. The van der Waals surface area contributed by atoms with Gasteiger partial charge in [0.25, 0.3) is 0 Å². The van der Waals surface area contributed by atoms with Gasteiger partial charge in [-0.05, 0) is 17.7 Å². The van der Waals surface area contributed by atoms with Crippen LogP contribution in [0.4, 0.5) is 0 Å². The number of nitrogens with zero attached hydrogens (tertiary/aromatic N) is 5. The number of aryl methyl sites for hydroxylation is 3. The van der Waals surface area contributed by atoms with Gasteiger partial charge in [-0.25, -0.2) is 14.8 Å². The highest BCUT2D eigenvalue weighted by Gasteiger charge is 2.12. The van der Waals surface area contributed by atoms with Crippen LogP contribution in [0.15, 0.2) is 46.1 Å². The second kappa shape index (κ2) is 5.23. The van der Waals surface area contributed by atoms with Crippen molar-refractivity contribution >= 4 is 11.0 Å². The minimum atomic E-state index is -0.0245. The van der Waals surface area contributed by atoms with Gasteiger partial charge < -0.3 is 8.98 Å². The lowest BCUT2D eigenvalue weighted by atomic mass is 10.2. The van der Waals surface area contributed by atoms with Crippen LogP contribution in [0.3, 0.4) is 0 Å². The molecule has 3 aromatic heterocycles. The number of imidazole rings is 2. The van der Waals surface area contributed by atoms with E-state index in [0.717, 1.165) is 22.4 Å². The second-order valence-electron chi connectivity index (χ2n) is 5.85. The first-order valence-corrected chi connectivity index (χ1v) is 7.62. The van der Waals surface area contributed by atoms with Crippen molar-refractivity contribution in [3.8, 4) is 11.5 Å². The molecule has 1 aromatic carbocycles. The zero-order valence-corrected chi connectivity index (χ0v) is 13.7. The Labute approximate surface area is 137 Å². The summed E-state index contributed by atoms with van der Waals surface area (Å²) in [6.45, 7) is 2.45. The fourth-order valence-corrected chi connectivity index (χ4v) is 2.98. The third-order valence-electron chi connectivity index (χ3n) is 4.25. The van der Waals surface area contributed by atoms with Gasteiger partial charge in [0.15, 0.2) is 11.7 Å². The molecule has 0 bridgehead atoms. The Bertz CT molecular complexity index is 1100. The standard InChI is InChI=1S/C17H17N5O2/c1-11-19-13(10-24-11)16-18-6-7-22(16)9-12-4-5-14-15(8-12)21(3)17(23)20(14)2/h4-8,10H,9H2,1-3H3. The minimum absolute atomic E-state index is 0.0245. The quantitative estimate of drug-likeness (QED) is 0.579. The Hall–Kier alpha value is -3.09. The van der Waals surface area contributed by atoms with Crippen molar-refractivity contribution in [2.45, 2.75) is 13.5 Å². The van der Waals surface area contributed by atoms with E-state index in [1.807, 2.05) is 29.0 Å². The fraction of sp³-hybridized carbons (Fsp3) is 0.235. The van der Waals surface area contributed by atoms with Crippen LogP contribution < -0.4 is 5.69 Å². The van der Waals surface area contributed by atoms with E-state index in [1.165, 1.54) is 0 Å². The van der Waals surface area contributed by atoms with Crippen LogP contribution >= 0.6 is 0 Å². The topological polar surface area (TPSA) is 70.8 Å². The van der Waals surface area contributed by atoms with Gasteiger partial charge in [0.2, 0.25) is 0 Å². The van der Waals surface area contributed by atoms with E-state index in [0.29, 0.717) is 18.1 Å². The van der Waals surface area contributed by atoms with Gasteiger partial charge in [-0.3, -0.25) is 9.13 Å². The highest BCUT2D eigenvalue weighted by molar-refractivity contribution is 5.76. The van der Waals surface area contributed by atoms with E-state index in [4.69, 9.17) is 4.42 Å². The molecular weight excluding hydrogens is 306 g/mol. The Morgan fingerprint density at radius 2 is 1.96 bits per heavy atom. The van der Waals surface area contributed by atoms with E-state index in [1.54, 1.807) is 42.6 Å². The van der Waals surface area contributed by atoms with Crippen molar-refractivity contribution in [1.29, 1.82) is 0 Å². The van der Waals surface area contributed by atoms with Crippen LogP contribution in [0, 0.1) is 6.92 Å². The maximum Gasteiger partial charge on any atom is 0.328 e. The number of hydrogen-bond acceptors (Lipinski definition) is 4. The van der Waals surface area contributed by atoms with Gasteiger partial charge >= 0.3 is 5.69 Å². The maximum atomic E-state index is 12.0. The Kier molecular flexibility index (Phi) is 3.16. The van der Waals surface area contributed by atoms with Gasteiger partial charge in [0.1, 0.15) is 12.0 Å². The van der Waals surface area contributed by atoms with Crippen molar-refractivity contribution in [1.82, 2.24) is 23.7 Å². The van der Waals surface area contributed by atoms with Crippen LogP contribution in [0.5, 0.6) is 0 Å². The van der Waals surface area contributed by atoms with Crippen molar-refractivity contribution in [3.63, 3.8) is 0 Å². The molecule has 0 amide bonds. The molecule has 7 nitrogen and oxygen atoms in total. The average Bonchev–Trinajstić information content (AvgIpc) is 3.25. The van der Waals surface area contributed by atoms with Gasteiger partial charge in [-0.2, -0.15) is 0 Å². The summed E-state index contributed by atoms with van der Waals surface area (Å²) in [6, 6.07) is 6.04. The highest BCUT2D eigenvalue weighted by Crippen LogP contribution is 2.20. The molecule has 4 aromatic rings.